The SMILES string of the molecule is C=C(CCCNC(=O)OC(C)(C)C)B1OC(C)(C)C(C)(C)O1. The van der Waals surface area contributed by atoms with Crippen LogP contribution in [-0.2, 0) is 14.0 Å². The molecule has 126 valence electrons. The summed E-state index contributed by atoms with van der Waals surface area (Å²) in [6.45, 7) is 18.2. The number of nitrogens with one attached hydrogen (secondary N) is 1. The van der Waals surface area contributed by atoms with E-state index < -0.39 is 11.7 Å². The van der Waals surface area contributed by atoms with E-state index in [1.165, 1.54) is 0 Å². The summed E-state index contributed by atoms with van der Waals surface area (Å²) < 4.78 is 17.0. The molecule has 0 aromatic heterocycles. The largest absolute Gasteiger partial charge is 0.489 e. The second kappa shape index (κ2) is 6.63. The maximum Gasteiger partial charge on any atom is 0.489 e. The molecular formula is C16H30BNO4. The molecule has 1 heterocycles. The van der Waals surface area contributed by atoms with Gasteiger partial charge in [0.15, 0.2) is 0 Å². The summed E-state index contributed by atoms with van der Waals surface area (Å²) in [6, 6.07) is 0. The minimum absolute atomic E-state index is 0.352. The highest BCUT2D eigenvalue weighted by Gasteiger charge is 2.51. The second-order valence-corrected chi connectivity index (χ2v) is 7.78. The van der Waals surface area contributed by atoms with E-state index in [4.69, 9.17) is 14.0 Å². The minimum atomic E-state index is -0.476. The zero-order chi connectivity index (χ0) is 17.2. The van der Waals surface area contributed by atoms with Gasteiger partial charge in [0.25, 0.3) is 0 Å². The Kier molecular flexibility index (Phi) is 5.74. The Balaban J connectivity index is 2.29. The number of amides is 1. The van der Waals surface area contributed by atoms with Crippen molar-refractivity contribution in [3.63, 3.8) is 0 Å². The molecule has 0 saturated carbocycles. The van der Waals surface area contributed by atoms with Crippen molar-refractivity contribution in [1.82, 2.24) is 5.32 Å². The molecule has 1 aliphatic rings. The molecule has 1 fully saturated rings. The predicted molar refractivity (Wildman–Crippen MR) is 88.7 cm³/mol. The third-order valence-electron chi connectivity index (χ3n) is 3.93. The highest BCUT2D eigenvalue weighted by molar-refractivity contribution is 6.54. The number of hydrogen-bond donors (Lipinski definition) is 1. The molecule has 0 spiro atoms. The maximum absolute atomic E-state index is 11.5. The number of carbonyl (C=O) groups is 1. The van der Waals surface area contributed by atoms with Crippen LogP contribution in [0.4, 0.5) is 4.79 Å². The van der Waals surface area contributed by atoms with Crippen LogP contribution >= 0.6 is 0 Å². The van der Waals surface area contributed by atoms with Crippen LogP contribution in [0.3, 0.4) is 0 Å². The van der Waals surface area contributed by atoms with Crippen molar-refractivity contribution >= 4 is 13.2 Å². The number of hydrogen-bond acceptors (Lipinski definition) is 4. The van der Waals surface area contributed by atoms with Crippen molar-refractivity contribution in [3.8, 4) is 0 Å². The van der Waals surface area contributed by atoms with Gasteiger partial charge in [-0.2, -0.15) is 0 Å². The van der Waals surface area contributed by atoms with Crippen LogP contribution in [0.15, 0.2) is 12.1 Å². The predicted octanol–water partition coefficient (Wildman–Crippen LogP) is 3.48. The van der Waals surface area contributed by atoms with E-state index in [1.807, 2.05) is 48.5 Å². The number of carbonyl (C=O) groups excluding carboxylic acids is 1. The van der Waals surface area contributed by atoms with Crippen molar-refractivity contribution in [1.29, 1.82) is 0 Å². The summed E-state index contributed by atoms with van der Waals surface area (Å²) in [6.07, 6.45) is 1.10. The third kappa shape index (κ3) is 5.32. The van der Waals surface area contributed by atoms with Gasteiger partial charge in [-0.15, -0.1) is 6.58 Å². The Morgan fingerprint density at radius 3 is 2.14 bits per heavy atom. The normalized spacial score (nSPS) is 19.9. The molecule has 0 bridgehead atoms. The lowest BCUT2D eigenvalue weighted by Gasteiger charge is -2.32. The topological polar surface area (TPSA) is 56.8 Å². The fourth-order valence-electron chi connectivity index (χ4n) is 1.95. The van der Waals surface area contributed by atoms with Gasteiger partial charge in [0.1, 0.15) is 5.60 Å². The van der Waals surface area contributed by atoms with Crippen molar-refractivity contribution in [2.24, 2.45) is 0 Å². The van der Waals surface area contributed by atoms with E-state index in [0.717, 1.165) is 18.3 Å². The van der Waals surface area contributed by atoms with Gasteiger partial charge < -0.3 is 19.4 Å². The molecular weight excluding hydrogens is 281 g/mol. The van der Waals surface area contributed by atoms with E-state index in [1.54, 1.807) is 0 Å². The highest BCUT2D eigenvalue weighted by atomic mass is 16.7. The molecule has 6 heteroatoms. The minimum Gasteiger partial charge on any atom is -0.444 e. The van der Waals surface area contributed by atoms with Gasteiger partial charge in [-0.25, -0.2) is 4.79 Å². The first-order chi connectivity index (χ1) is 9.84. The fourth-order valence-corrected chi connectivity index (χ4v) is 1.95. The summed E-state index contributed by atoms with van der Waals surface area (Å²) in [5.74, 6) is 0. The van der Waals surface area contributed by atoms with Gasteiger partial charge in [-0.05, 0) is 66.8 Å². The first-order valence-electron chi connectivity index (χ1n) is 7.84. The van der Waals surface area contributed by atoms with Gasteiger partial charge in [-0.3, -0.25) is 0 Å². The van der Waals surface area contributed by atoms with Crippen molar-refractivity contribution in [2.45, 2.75) is 78.1 Å². The van der Waals surface area contributed by atoms with Gasteiger partial charge in [-0.1, -0.05) is 0 Å². The second-order valence-electron chi connectivity index (χ2n) is 7.78. The lowest BCUT2D eigenvalue weighted by atomic mass is 9.77. The zero-order valence-electron chi connectivity index (χ0n) is 15.0. The van der Waals surface area contributed by atoms with Crippen LogP contribution in [0.25, 0.3) is 0 Å². The first kappa shape index (κ1) is 19.0. The van der Waals surface area contributed by atoms with Crippen molar-refractivity contribution in [2.75, 3.05) is 6.54 Å². The number of allylic oxidation sites excluding steroid dienone is 1. The third-order valence-corrected chi connectivity index (χ3v) is 3.93. The average molecular weight is 311 g/mol. The first-order valence-corrected chi connectivity index (χ1v) is 7.84. The molecule has 0 aliphatic carbocycles. The van der Waals surface area contributed by atoms with Crippen LogP contribution < -0.4 is 5.32 Å². The molecule has 0 unspecified atom stereocenters. The smallest absolute Gasteiger partial charge is 0.444 e. The zero-order valence-corrected chi connectivity index (χ0v) is 15.0. The van der Waals surface area contributed by atoms with Crippen LogP contribution in [0, 0.1) is 0 Å². The maximum atomic E-state index is 11.5. The molecule has 5 nitrogen and oxygen atoms in total. The highest BCUT2D eigenvalue weighted by Crippen LogP contribution is 2.38. The molecule has 1 amide bonds. The number of rotatable bonds is 5. The van der Waals surface area contributed by atoms with Crippen LogP contribution in [-0.4, -0.2) is 36.6 Å². The molecule has 1 aliphatic heterocycles. The van der Waals surface area contributed by atoms with Gasteiger partial charge in [0.2, 0.25) is 0 Å². The monoisotopic (exact) mass is 311 g/mol. The van der Waals surface area contributed by atoms with Gasteiger partial charge in [0.05, 0.1) is 11.2 Å². The summed E-state index contributed by atoms with van der Waals surface area (Å²) in [5.41, 5.74) is -0.286. The molecule has 0 aromatic rings. The average Bonchev–Trinajstić information content (AvgIpc) is 2.51. The molecule has 0 radical (unpaired) electrons. The van der Waals surface area contributed by atoms with Crippen LogP contribution in [0.1, 0.15) is 61.3 Å². The standard InChI is InChI=1S/C16H30BNO4/c1-12(17-21-15(5,6)16(7,8)22-17)10-9-11-18-13(19)20-14(2,3)4/h1,9-11H2,2-8H3,(H,18,19). The van der Waals surface area contributed by atoms with Crippen molar-refractivity contribution < 1.29 is 18.8 Å². The molecule has 22 heavy (non-hydrogen) atoms. The molecule has 1 saturated heterocycles. The molecule has 1 rings (SSSR count). The number of ether oxygens (including phenoxy) is 1. The van der Waals surface area contributed by atoms with Gasteiger partial charge >= 0.3 is 13.2 Å². The van der Waals surface area contributed by atoms with Crippen LogP contribution in [0.2, 0.25) is 0 Å². The summed E-state index contributed by atoms with van der Waals surface area (Å²) in [4.78, 5) is 11.5. The summed E-state index contributed by atoms with van der Waals surface area (Å²) in [5, 5.41) is 2.73. The lowest BCUT2D eigenvalue weighted by molar-refractivity contribution is 0.00578. The Labute approximate surface area is 134 Å². The van der Waals surface area contributed by atoms with Gasteiger partial charge in [0, 0.05) is 6.54 Å². The van der Waals surface area contributed by atoms with E-state index in [0.29, 0.717) is 6.54 Å². The lowest BCUT2D eigenvalue weighted by Crippen LogP contribution is -2.41. The van der Waals surface area contributed by atoms with E-state index in [2.05, 4.69) is 11.9 Å². The Bertz CT molecular complexity index is 410. The van der Waals surface area contributed by atoms with E-state index in [9.17, 15) is 4.79 Å². The fraction of sp³-hybridized carbons (Fsp3) is 0.812. The van der Waals surface area contributed by atoms with E-state index in [-0.39, 0.29) is 18.3 Å². The molecule has 0 aromatic carbocycles. The quantitative estimate of drug-likeness (QED) is 0.624. The van der Waals surface area contributed by atoms with Crippen molar-refractivity contribution in [3.05, 3.63) is 12.1 Å². The molecule has 0 atom stereocenters. The number of alkyl carbamates (subject to hydrolysis) is 1. The Hall–Kier alpha value is -1.01. The molecule has 1 N–H and O–H groups in total. The Morgan fingerprint density at radius 2 is 1.68 bits per heavy atom. The van der Waals surface area contributed by atoms with Crippen LogP contribution in [0.5, 0.6) is 0 Å². The summed E-state index contributed by atoms with van der Waals surface area (Å²) in [7, 11) is -0.383. The van der Waals surface area contributed by atoms with E-state index >= 15 is 0 Å². The Morgan fingerprint density at radius 1 is 1.18 bits per heavy atom. The summed E-state index contributed by atoms with van der Waals surface area (Å²) >= 11 is 0.